The van der Waals surface area contributed by atoms with Crippen molar-refractivity contribution in [3.63, 3.8) is 0 Å². The van der Waals surface area contributed by atoms with Crippen molar-refractivity contribution in [2.45, 2.75) is 68.2 Å². The molecule has 0 bridgehead atoms. The molecular formula is C20H34O2. The van der Waals surface area contributed by atoms with Crippen molar-refractivity contribution < 1.29 is 9.59 Å². The summed E-state index contributed by atoms with van der Waals surface area (Å²) in [5.41, 5.74) is 2.01. The molecule has 0 spiro atoms. The minimum Gasteiger partial charge on any atom is -0.299 e. The van der Waals surface area contributed by atoms with E-state index >= 15 is 0 Å². The molecule has 0 atom stereocenters. The normalized spacial score (nSPS) is 9.55. The van der Waals surface area contributed by atoms with Crippen molar-refractivity contribution >= 4 is 11.6 Å². The molecule has 1 aromatic carbocycles. The van der Waals surface area contributed by atoms with Gasteiger partial charge in [-0.15, -0.1) is 0 Å². The number of aryl methyl sites for hydroxylation is 1. The van der Waals surface area contributed by atoms with E-state index in [2.05, 4.69) is 0 Å². The molecule has 1 aromatic rings. The summed E-state index contributed by atoms with van der Waals surface area (Å²) in [5, 5.41) is 0. The van der Waals surface area contributed by atoms with Gasteiger partial charge < -0.3 is 0 Å². The molecule has 0 aliphatic rings. The summed E-state index contributed by atoms with van der Waals surface area (Å²) in [6.45, 7) is 15.8. The second kappa shape index (κ2) is 13.2. The van der Waals surface area contributed by atoms with Crippen LogP contribution in [-0.2, 0) is 4.79 Å². The third-order valence-electron chi connectivity index (χ3n) is 3.00. The van der Waals surface area contributed by atoms with Crippen molar-refractivity contribution in [1.82, 2.24) is 0 Å². The van der Waals surface area contributed by atoms with Crippen LogP contribution >= 0.6 is 0 Å². The van der Waals surface area contributed by atoms with E-state index in [4.69, 9.17) is 0 Å². The Kier molecular flexibility index (Phi) is 13.7. The lowest BCUT2D eigenvalue weighted by atomic mass is 10.0. The fourth-order valence-corrected chi connectivity index (χ4v) is 1.59. The van der Waals surface area contributed by atoms with Crippen molar-refractivity contribution in [3.05, 3.63) is 35.4 Å². The third-order valence-corrected chi connectivity index (χ3v) is 3.00. The first-order valence-electron chi connectivity index (χ1n) is 8.43. The molecule has 2 nitrogen and oxygen atoms in total. The Morgan fingerprint density at radius 2 is 1.36 bits per heavy atom. The summed E-state index contributed by atoms with van der Waals surface area (Å²) >= 11 is 0. The molecule has 0 aliphatic carbocycles. The monoisotopic (exact) mass is 306 g/mol. The van der Waals surface area contributed by atoms with Crippen LogP contribution in [-0.4, -0.2) is 11.6 Å². The summed E-state index contributed by atoms with van der Waals surface area (Å²) in [5.74, 6) is 0.921. The van der Waals surface area contributed by atoms with Crippen LogP contribution in [0.25, 0.3) is 0 Å². The van der Waals surface area contributed by atoms with Crippen LogP contribution in [0.1, 0.15) is 77.2 Å². The molecule has 0 amide bonds. The van der Waals surface area contributed by atoms with E-state index in [0.717, 1.165) is 18.4 Å². The SMILES string of the molecule is CC.CCCC(=O)C(C)C.Cc1ccc(C(=O)C(C)C)cc1. The van der Waals surface area contributed by atoms with E-state index in [0.29, 0.717) is 5.78 Å². The number of rotatable bonds is 5. The number of carbonyl (C=O) groups is 2. The Hall–Kier alpha value is -1.44. The maximum absolute atomic E-state index is 11.5. The number of hydrogen-bond acceptors (Lipinski definition) is 2. The highest BCUT2D eigenvalue weighted by Crippen LogP contribution is 2.09. The van der Waals surface area contributed by atoms with Gasteiger partial charge in [0.15, 0.2) is 5.78 Å². The highest BCUT2D eigenvalue weighted by atomic mass is 16.1. The molecule has 126 valence electrons. The lowest BCUT2D eigenvalue weighted by Crippen LogP contribution is -2.06. The van der Waals surface area contributed by atoms with Gasteiger partial charge in [0.2, 0.25) is 0 Å². The third kappa shape index (κ3) is 10.3. The number of ketones is 2. The minimum atomic E-state index is 0.0905. The largest absolute Gasteiger partial charge is 0.299 e. The summed E-state index contributed by atoms with van der Waals surface area (Å²) in [6, 6.07) is 7.71. The fourth-order valence-electron chi connectivity index (χ4n) is 1.59. The zero-order chi connectivity index (χ0) is 17.7. The van der Waals surface area contributed by atoms with E-state index in [1.807, 2.05) is 79.7 Å². The molecule has 0 unspecified atom stereocenters. The number of hydrogen-bond donors (Lipinski definition) is 0. The summed E-state index contributed by atoms with van der Waals surface area (Å²) in [6.07, 6.45) is 1.73. The van der Waals surface area contributed by atoms with E-state index in [1.54, 1.807) is 0 Å². The van der Waals surface area contributed by atoms with Crippen LogP contribution in [0.4, 0.5) is 0 Å². The predicted octanol–water partition coefficient (Wildman–Crippen LogP) is 5.87. The molecule has 0 radical (unpaired) electrons. The first-order valence-corrected chi connectivity index (χ1v) is 8.43. The van der Waals surface area contributed by atoms with Crippen LogP contribution in [0.3, 0.4) is 0 Å². The van der Waals surface area contributed by atoms with Crippen LogP contribution in [0, 0.1) is 18.8 Å². The standard InChI is InChI=1S/C11H14O.C7H14O.C2H6/c1-8(2)11(12)10-6-4-9(3)5-7-10;1-4-5-7(8)6(2)3;1-2/h4-8H,1-3H3;6H,4-5H2,1-3H3;1-2H3. The molecule has 1 rings (SSSR count). The maximum atomic E-state index is 11.5. The molecular weight excluding hydrogens is 272 g/mol. The first-order chi connectivity index (χ1) is 10.3. The van der Waals surface area contributed by atoms with Gasteiger partial charge in [-0.1, -0.05) is 78.3 Å². The minimum absolute atomic E-state index is 0.0905. The highest BCUT2D eigenvalue weighted by molar-refractivity contribution is 5.97. The van der Waals surface area contributed by atoms with Crippen LogP contribution < -0.4 is 0 Å². The summed E-state index contributed by atoms with van der Waals surface area (Å²) < 4.78 is 0. The van der Waals surface area contributed by atoms with E-state index < -0.39 is 0 Å². The molecule has 0 saturated carbocycles. The second-order valence-electron chi connectivity index (χ2n) is 5.76. The average molecular weight is 306 g/mol. The molecule has 0 N–H and O–H groups in total. The number of benzene rings is 1. The first kappa shape index (κ1) is 22.8. The van der Waals surface area contributed by atoms with Crippen LogP contribution in [0.15, 0.2) is 24.3 Å². The highest BCUT2D eigenvalue weighted by Gasteiger charge is 2.08. The topological polar surface area (TPSA) is 34.1 Å². The fraction of sp³-hybridized carbons (Fsp3) is 0.600. The van der Waals surface area contributed by atoms with Crippen LogP contribution in [0.5, 0.6) is 0 Å². The van der Waals surface area contributed by atoms with Crippen molar-refractivity contribution in [3.8, 4) is 0 Å². The van der Waals surface area contributed by atoms with Gasteiger partial charge in [-0.05, 0) is 13.3 Å². The van der Waals surface area contributed by atoms with Gasteiger partial charge in [0.1, 0.15) is 5.78 Å². The zero-order valence-electron chi connectivity index (χ0n) is 15.7. The molecule has 0 aliphatic heterocycles. The summed E-state index contributed by atoms with van der Waals surface area (Å²) in [4.78, 5) is 22.2. The van der Waals surface area contributed by atoms with Crippen molar-refractivity contribution in [1.29, 1.82) is 0 Å². The van der Waals surface area contributed by atoms with Crippen molar-refractivity contribution in [2.75, 3.05) is 0 Å². The lowest BCUT2D eigenvalue weighted by molar-refractivity contribution is -0.121. The molecule has 0 heterocycles. The van der Waals surface area contributed by atoms with Crippen LogP contribution in [0.2, 0.25) is 0 Å². The average Bonchev–Trinajstić information content (AvgIpc) is 2.50. The quantitative estimate of drug-likeness (QED) is 0.637. The zero-order valence-corrected chi connectivity index (χ0v) is 15.7. The molecule has 0 fully saturated rings. The van der Waals surface area contributed by atoms with Gasteiger partial charge in [0.05, 0.1) is 0 Å². The van der Waals surface area contributed by atoms with E-state index in [-0.39, 0.29) is 17.6 Å². The van der Waals surface area contributed by atoms with E-state index in [9.17, 15) is 9.59 Å². The second-order valence-corrected chi connectivity index (χ2v) is 5.76. The van der Waals surface area contributed by atoms with Gasteiger partial charge in [-0.2, -0.15) is 0 Å². The number of carbonyl (C=O) groups excluding carboxylic acids is 2. The van der Waals surface area contributed by atoms with Gasteiger partial charge in [-0.3, -0.25) is 9.59 Å². The van der Waals surface area contributed by atoms with Gasteiger partial charge in [0, 0.05) is 23.8 Å². The Morgan fingerprint density at radius 3 is 1.64 bits per heavy atom. The summed E-state index contributed by atoms with van der Waals surface area (Å²) in [7, 11) is 0. The van der Waals surface area contributed by atoms with Gasteiger partial charge in [-0.25, -0.2) is 0 Å². The van der Waals surface area contributed by atoms with Gasteiger partial charge in [0.25, 0.3) is 0 Å². The van der Waals surface area contributed by atoms with E-state index in [1.165, 1.54) is 5.56 Å². The molecule has 0 saturated heterocycles. The van der Waals surface area contributed by atoms with Crippen molar-refractivity contribution in [2.24, 2.45) is 11.8 Å². The Morgan fingerprint density at radius 1 is 0.909 bits per heavy atom. The molecule has 0 aromatic heterocycles. The van der Waals surface area contributed by atoms with Gasteiger partial charge >= 0.3 is 0 Å². The predicted molar refractivity (Wildman–Crippen MR) is 96.4 cm³/mol. The Bertz CT molecular complexity index is 414. The smallest absolute Gasteiger partial charge is 0.165 e. The molecule has 2 heteroatoms. The number of Topliss-reactive ketones (excluding diaryl/α,β-unsaturated/α-hetero) is 2. The molecule has 22 heavy (non-hydrogen) atoms. The Labute approximate surface area is 137 Å². The lowest BCUT2D eigenvalue weighted by Gasteiger charge is -2.03. The maximum Gasteiger partial charge on any atom is 0.165 e. The Balaban J connectivity index is 0.